The second-order valence-electron chi connectivity index (χ2n) is 6.26. The fourth-order valence-corrected chi connectivity index (χ4v) is 3.39. The van der Waals surface area contributed by atoms with E-state index in [4.69, 9.17) is 21.4 Å². The van der Waals surface area contributed by atoms with Crippen LogP contribution in [0.2, 0.25) is 5.02 Å². The van der Waals surface area contributed by atoms with E-state index in [1.165, 1.54) is 5.56 Å². The van der Waals surface area contributed by atoms with Gasteiger partial charge in [-0.05, 0) is 37.0 Å². The number of amides is 2. The van der Waals surface area contributed by atoms with Gasteiger partial charge in [-0.3, -0.25) is 0 Å². The summed E-state index contributed by atoms with van der Waals surface area (Å²) in [5.74, 6) is 0.365. The molecule has 2 fully saturated rings. The van der Waals surface area contributed by atoms with Gasteiger partial charge in [-0.25, -0.2) is 4.79 Å². The summed E-state index contributed by atoms with van der Waals surface area (Å²) in [4.78, 5) is 14.2. The van der Waals surface area contributed by atoms with Crippen molar-refractivity contribution in [2.75, 3.05) is 26.3 Å². The molecule has 3 atom stereocenters. The van der Waals surface area contributed by atoms with Crippen molar-refractivity contribution in [1.82, 2.24) is 10.2 Å². The predicted molar refractivity (Wildman–Crippen MR) is 88.8 cm³/mol. The van der Waals surface area contributed by atoms with Crippen molar-refractivity contribution in [3.05, 3.63) is 34.9 Å². The SMILES string of the molecule is O=C(N[C@@H]1C[C@H]1c1cccc(Cl)c1)N1CCC[C@H](OCCO)C1. The van der Waals surface area contributed by atoms with E-state index >= 15 is 0 Å². The fraction of sp³-hybridized carbons (Fsp3) is 0.588. The Morgan fingerprint density at radius 3 is 3.13 bits per heavy atom. The molecular weight excluding hydrogens is 316 g/mol. The summed E-state index contributed by atoms with van der Waals surface area (Å²) >= 11 is 6.02. The lowest BCUT2D eigenvalue weighted by Gasteiger charge is -2.32. The molecule has 0 spiro atoms. The van der Waals surface area contributed by atoms with Crippen molar-refractivity contribution in [2.24, 2.45) is 0 Å². The van der Waals surface area contributed by atoms with E-state index in [9.17, 15) is 4.79 Å². The lowest BCUT2D eigenvalue weighted by Crippen LogP contribution is -2.48. The van der Waals surface area contributed by atoms with Gasteiger partial charge >= 0.3 is 6.03 Å². The Morgan fingerprint density at radius 1 is 1.48 bits per heavy atom. The minimum Gasteiger partial charge on any atom is -0.394 e. The Labute approximate surface area is 141 Å². The van der Waals surface area contributed by atoms with E-state index in [1.54, 1.807) is 0 Å². The monoisotopic (exact) mass is 338 g/mol. The zero-order valence-electron chi connectivity index (χ0n) is 13.1. The number of ether oxygens (including phenoxy) is 1. The van der Waals surface area contributed by atoms with Crippen LogP contribution in [0.25, 0.3) is 0 Å². The fourth-order valence-electron chi connectivity index (χ4n) is 3.19. The largest absolute Gasteiger partial charge is 0.394 e. The van der Waals surface area contributed by atoms with Crippen LogP contribution in [0.1, 0.15) is 30.7 Å². The van der Waals surface area contributed by atoms with Gasteiger partial charge in [-0.15, -0.1) is 0 Å². The van der Waals surface area contributed by atoms with Crippen LogP contribution in [0.3, 0.4) is 0 Å². The number of aliphatic hydroxyl groups is 1. The summed E-state index contributed by atoms with van der Waals surface area (Å²) in [7, 11) is 0. The van der Waals surface area contributed by atoms with E-state index < -0.39 is 0 Å². The minimum atomic E-state index is -0.0168. The molecule has 1 saturated heterocycles. The summed E-state index contributed by atoms with van der Waals surface area (Å²) in [6, 6.07) is 8.01. The third-order valence-electron chi connectivity index (χ3n) is 4.49. The molecule has 3 rings (SSSR count). The molecule has 0 unspecified atom stereocenters. The molecule has 2 amide bonds. The molecular formula is C17H23ClN2O3. The first-order chi connectivity index (χ1) is 11.2. The molecule has 1 heterocycles. The molecule has 1 aliphatic heterocycles. The van der Waals surface area contributed by atoms with E-state index in [1.807, 2.05) is 23.1 Å². The van der Waals surface area contributed by atoms with Crippen LogP contribution in [0.4, 0.5) is 4.79 Å². The van der Waals surface area contributed by atoms with Crippen LogP contribution in [0, 0.1) is 0 Å². The van der Waals surface area contributed by atoms with Gasteiger partial charge in [0.25, 0.3) is 0 Å². The third kappa shape index (κ3) is 4.37. The van der Waals surface area contributed by atoms with Gasteiger partial charge in [0.15, 0.2) is 0 Å². The second kappa shape index (κ2) is 7.51. The average Bonchev–Trinajstić information content (AvgIpc) is 3.32. The number of nitrogens with one attached hydrogen (secondary N) is 1. The number of urea groups is 1. The van der Waals surface area contributed by atoms with Crippen LogP contribution in [0.15, 0.2) is 24.3 Å². The van der Waals surface area contributed by atoms with Crippen LogP contribution in [0.5, 0.6) is 0 Å². The Hall–Kier alpha value is -1.30. The molecule has 5 nitrogen and oxygen atoms in total. The standard InChI is InChI=1S/C17H23ClN2O3/c18-13-4-1-3-12(9-13)15-10-16(15)19-17(22)20-6-2-5-14(11-20)23-8-7-21/h1,3-4,9,14-16,21H,2,5-8,10-11H2,(H,19,22)/t14-,15-,16+/m0/s1. The van der Waals surface area contributed by atoms with Crippen molar-refractivity contribution < 1.29 is 14.6 Å². The Bertz CT molecular complexity index is 554. The van der Waals surface area contributed by atoms with Crippen LogP contribution >= 0.6 is 11.6 Å². The first kappa shape index (κ1) is 16.6. The molecule has 0 aromatic heterocycles. The van der Waals surface area contributed by atoms with Gasteiger partial charge in [0.05, 0.1) is 19.3 Å². The zero-order valence-corrected chi connectivity index (χ0v) is 13.8. The molecule has 126 valence electrons. The average molecular weight is 339 g/mol. The number of carbonyl (C=O) groups excluding carboxylic acids is 1. The van der Waals surface area contributed by atoms with E-state index in [0.29, 0.717) is 19.1 Å². The van der Waals surface area contributed by atoms with E-state index in [2.05, 4.69) is 11.4 Å². The van der Waals surface area contributed by atoms with Crippen molar-refractivity contribution in [2.45, 2.75) is 37.3 Å². The van der Waals surface area contributed by atoms with E-state index in [-0.39, 0.29) is 24.8 Å². The maximum Gasteiger partial charge on any atom is 0.317 e. The molecule has 0 bridgehead atoms. The minimum absolute atomic E-state index is 0.0168. The Morgan fingerprint density at radius 2 is 2.35 bits per heavy atom. The number of likely N-dealkylation sites (tertiary alicyclic amines) is 1. The van der Waals surface area contributed by atoms with Gasteiger partial charge < -0.3 is 20.1 Å². The lowest BCUT2D eigenvalue weighted by molar-refractivity contribution is -0.00581. The number of nitrogens with zero attached hydrogens (tertiary/aromatic N) is 1. The zero-order chi connectivity index (χ0) is 16.2. The molecule has 23 heavy (non-hydrogen) atoms. The highest BCUT2D eigenvalue weighted by Gasteiger charge is 2.40. The topological polar surface area (TPSA) is 61.8 Å². The highest BCUT2D eigenvalue weighted by atomic mass is 35.5. The number of piperidine rings is 1. The number of benzene rings is 1. The first-order valence-electron chi connectivity index (χ1n) is 8.20. The van der Waals surface area contributed by atoms with Gasteiger partial charge in [0.2, 0.25) is 0 Å². The summed E-state index contributed by atoms with van der Waals surface area (Å²) in [6.45, 7) is 1.71. The van der Waals surface area contributed by atoms with Crippen LogP contribution in [-0.2, 0) is 4.74 Å². The molecule has 6 heteroatoms. The quantitative estimate of drug-likeness (QED) is 0.866. The normalized spacial score (nSPS) is 26.9. The number of aliphatic hydroxyl groups excluding tert-OH is 1. The number of hydrogen-bond donors (Lipinski definition) is 2. The van der Waals surface area contributed by atoms with Gasteiger partial charge in [-0.2, -0.15) is 0 Å². The first-order valence-corrected chi connectivity index (χ1v) is 8.58. The highest BCUT2D eigenvalue weighted by molar-refractivity contribution is 6.30. The number of carbonyl (C=O) groups is 1. The highest BCUT2D eigenvalue weighted by Crippen LogP contribution is 2.41. The third-order valence-corrected chi connectivity index (χ3v) is 4.72. The molecule has 1 aromatic rings. The predicted octanol–water partition coefficient (Wildman–Crippen LogP) is 2.38. The van der Waals surface area contributed by atoms with Gasteiger partial charge in [-0.1, -0.05) is 23.7 Å². The smallest absolute Gasteiger partial charge is 0.317 e. The molecule has 1 saturated carbocycles. The van der Waals surface area contributed by atoms with Crippen molar-refractivity contribution in [3.63, 3.8) is 0 Å². The van der Waals surface area contributed by atoms with Gasteiger partial charge in [0.1, 0.15) is 0 Å². The summed E-state index contributed by atoms with van der Waals surface area (Å²) in [5, 5.41) is 12.7. The summed E-state index contributed by atoms with van der Waals surface area (Å²) in [5.41, 5.74) is 1.19. The maximum atomic E-state index is 12.4. The van der Waals surface area contributed by atoms with Crippen LogP contribution < -0.4 is 5.32 Å². The van der Waals surface area contributed by atoms with Crippen LogP contribution in [-0.4, -0.2) is 54.5 Å². The lowest BCUT2D eigenvalue weighted by atomic mass is 10.1. The summed E-state index contributed by atoms with van der Waals surface area (Å²) in [6.07, 6.45) is 2.87. The molecule has 1 aliphatic carbocycles. The number of halogens is 1. The molecule has 2 N–H and O–H groups in total. The van der Waals surface area contributed by atoms with Crippen molar-refractivity contribution >= 4 is 17.6 Å². The Balaban J connectivity index is 1.48. The van der Waals surface area contributed by atoms with Crippen molar-refractivity contribution in [1.29, 1.82) is 0 Å². The molecule has 0 radical (unpaired) electrons. The molecule has 1 aromatic carbocycles. The second-order valence-corrected chi connectivity index (χ2v) is 6.69. The number of rotatable bonds is 5. The summed E-state index contributed by atoms with van der Waals surface area (Å²) < 4.78 is 5.55. The Kier molecular flexibility index (Phi) is 5.41. The number of hydrogen-bond acceptors (Lipinski definition) is 3. The van der Waals surface area contributed by atoms with E-state index in [0.717, 1.165) is 30.8 Å². The van der Waals surface area contributed by atoms with Crippen molar-refractivity contribution in [3.8, 4) is 0 Å². The van der Waals surface area contributed by atoms with Gasteiger partial charge in [0, 0.05) is 30.1 Å². The molecule has 2 aliphatic rings. The maximum absolute atomic E-state index is 12.4.